The Hall–Kier alpha value is 0.390. The molecule has 0 bridgehead atoms. The molecule has 3 heteroatoms. The Morgan fingerprint density at radius 3 is 2.79 bits per heavy atom. The van der Waals surface area contributed by atoms with Gasteiger partial charge in [-0.05, 0) is 51.6 Å². The summed E-state index contributed by atoms with van der Waals surface area (Å²) in [6, 6.07) is 4.47. The third-order valence-corrected chi connectivity index (χ3v) is 4.96. The first kappa shape index (κ1) is 10.9. The first-order chi connectivity index (χ1) is 6.77. The van der Waals surface area contributed by atoms with Gasteiger partial charge in [-0.25, -0.2) is 0 Å². The van der Waals surface area contributed by atoms with E-state index in [1.165, 1.54) is 24.8 Å². The number of thiophene rings is 1. The van der Waals surface area contributed by atoms with E-state index in [-0.39, 0.29) is 0 Å². The molecule has 0 aliphatic heterocycles. The lowest BCUT2D eigenvalue weighted by atomic mass is 10.1. The number of benzene rings is 1. The van der Waals surface area contributed by atoms with E-state index in [2.05, 4.69) is 63.0 Å². The highest BCUT2D eigenvalue weighted by atomic mass is 127. The minimum absolute atomic E-state index is 0.955. The molecule has 0 fully saturated rings. The summed E-state index contributed by atoms with van der Waals surface area (Å²) < 4.78 is 2.83. The van der Waals surface area contributed by atoms with E-state index in [0.717, 1.165) is 11.8 Å². The monoisotopic (exact) mass is 380 g/mol. The van der Waals surface area contributed by atoms with Crippen molar-refractivity contribution in [3.63, 3.8) is 0 Å². The summed E-state index contributed by atoms with van der Waals surface area (Å²) >= 11 is 7.83. The molecule has 0 spiro atoms. The zero-order valence-corrected chi connectivity index (χ0v) is 12.4. The number of halogens is 2. The normalized spacial score (nSPS) is 11.1. The van der Waals surface area contributed by atoms with E-state index >= 15 is 0 Å². The fourth-order valence-electron chi connectivity index (χ4n) is 1.60. The van der Waals surface area contributed by atoms with Gasteiger partial charge in [0, 0.05) is 19.0 Å². The van der Waals surface area contributed by atoms with Gasteiger partial charge in [-0.2, -0.15) is 0 Å². The Morgan fingerprint density at radius 2 is 2.14 bits per heavy atom. The lowest BCUT2D eigenvalue weighted by Gasteiger charge is -2.02. The second-order valence-electron chi connectivity index (χ2n) is 3.16. The Kier molecular flexibility index (Phi) is 3.50. The molecule has 0 amide bonds. The molecule has 1 heterocycles. The van der Waals surface area contributed by atoms with Crippen LogP contribution in [0.15, 0.2) is 17.5 Å². The molecule has 0 aliphatic rings. The zero-order valence-electron chi connectivity index (χ0n) is 7.81. The third-order valence-electron chi connectivity index (χ3n) is 2.35. The summed E-state index contributed by atoms with van der Waals surface area (Å²) in [6.45, 7) is 2.22. The van der Waals surface area contributed by atoms with Gasteiger partial charge in [0.05, 0.1) is 0 Å². The standard InChI is InChI=1S/C11H10BrIS/c1-2-7-3-4-9(13)10-8(5-12)6-14-11(7)10/h3-4,6H,2,5H2,1H3. The van der Waals surface area contributed by atoms with Gasteiger partial charge in [0.25, 0.3) is 0 Å². The summed E-state index contributed by atoms with van der Waals surface area (Å²) in [5.41, 5.74) is 2.89. The number of fused-ring (bicyclic) bond motifs is 1. The SMILES string of the molecule is CCc1ccc(I)c2c(CBr)csc12. The summed E-state index contributed by atoms with van der Waals surface area (Å²) in [6.07, 6.45) is 1.12. The molecule has 0 atom stereocenters. The van der Waals surface area contributed by atoms with Crippen molar-refractivity contribution in [2.75, 3.05) is 0 Å². The predicted molar refractivity (Wildman–Crippen MR) is 76.6 cm³/mol. The predicted octanol–water partition coefficient (Wildman–Crippen LogP) is 4.96. The van der Waals surface area contributed by atoms with Crippen molar-refractivity contribution in [1.29, 1.82) is 0 Å². The molecule has 0 unspecified atom stereocenters. The maximum Gasteiger partial charge on any atom is 0.0388 e. The molecule has 2 rings (SSSR count). The molecule has 0 saturated heterocycles. The van der Waals surface area contributed by atoms with Crippen LogP contribution in [-0.4, -0.2) is 0 Å². The number of rotatable bonds is 2. The van der Waals surface area contributed by atoms with Crippen molar-refractivity contribution < 1.29 is 0 Å². The first-order valence-electron chi connectivity index (χ1n) is 4.51. The van der Waals surface area contributed by atoms with Crippen LogP contribution in [0.1, 0.15) is 18.1 Å². The van der Waals surface area contributed by atoms with Gasteiger partial charge in [-0.1, -0.05) is 28.9 Å². The van der Waals surface area contributed by atoms with Crippen LogP contribution >= 0.6 is 49.9 Å². The van der Waals surface area contributed by atoms with Crippen LogP contribution in [-0.2, 0) is 11.8 Å². The average molecular weight is 381 g/mol. The molecule has 1 aromatic carbocycles. The molecular weight excluding hydrogens is 371 g/mol. The van der Waals surface area contributed by atoms with Crippen LogP contribution in [0, 0.1) is 3.57 Å². The summed E-state index contributed by atoms with van der Waals surface area (Å²) in [4.78, 5) is 0. The maximum atomic E-state index is 3.54. The number of hydrogen-bond donors (Lipinski definition) is 0. The summed E-state index contributed by atoms with van der Waals surface area (Å²) in [5.74, 6) is 0. The molecule has 0 aliphatic carbocycles. The minimum Gasteiger partial charge on any atom is -0.143 e. The van der Waals surface area contributed by atoms with Crippen LogP contribution in [0.25, 0.3) is 10.1 Å². The molecule has 0 radical (unpaired) electrons. The lowest BCUT2D eigenvalue weighted by Crippen LogP contribution is -1.84. The second kappa shape index (κ2) is 4.49. The smallest absolute Gasteiger partial charge is 0.0388 e. The van der Waals surface area contributed by atoms with Gasteiger partial charge in [0.1, 0.15) is 0 Å². The highest BCUT2D eigenvalue weighted by Gasteiger charge is 2.09. The van der Waals surface area contributed by atoms with Gasteiger partial charge in [-0.15, -0.1) is 11.3 Å². The molecule has 0 saturated carbocycles. The molecule has 2 aromatic rings. The largest absolute Gasteiger partial charge is 0.143 e. The molecule has 74 valence electrons. The van der Waals surface area contributed by atoms with E-state index in [9.17, 15) is 0 Å². The Morgan fingerprint density at radius 1 is 1.36 bits per heavy atom. The van der Waals surface area contributed by atoms with Crippen LogP contribution in [0.5, 0.6) is 0 Å². The number of aryl methyl sites for hydroxylation is 1. The molecule has 14 heavy (non-hydrogen) atoms. The summed E-state index contributed by atoms with van der Waals surface area (Å²) in [7, 11) is 0. The van der Waals surface area contributed by atoms with E-state index in [0.29, 0.717) is 0 Å². The van der Waals surface area contributed by atoms with Crippen molar-refractivity contribution in [1.82, 2.24) is 0 Å². The fourth-order valence-corrected chi connectivity index (χ4v) is 4.42. The third kappa shape index (κ3) is 1.74. The Labute approximate surface area is 110 Å². The zero-order chi connectivity index (χ0) is 10.1. The van der Waals surface area contributed by atoms with Crippen molar-refractivity contribution in [3.05, 3.63) is 32.2 Å². The minimum atomic E-state index is 0.955. The topological polar surface area (TPSA) is 0 Å². The van der Waals surface area contributed by atoms with Crippen molar-refractivity contribution >= 4 is 59.9 Å². The van der Waals surface area contributed by atoms with E-state index in [1.54, 1.807) is 0 Å². The van der Waals surface area contributed by atoms with Gasteiger partial charge in [0.2, 0.25) is 0 Å². The van der Waals surface area contributed by atoms with E-state index in [1.807, 2.05) is 11.3 Å². The highest BCUT2D eigenvalue weighted by Crippen LogP contribution is 2.34. The van der Waals surface area contributed by atoms with Gasteiger partial charge in [-0.3, -0.25) is 0 Å². The number of alkyl halides is 1. The Balaban J connectivity index is 2.80. The van der Waals surface area contributed by atoms with Crippen molar-refractivity contribution in [2.45, 2.75) is 18.7 Å². The molecular formula is C11H10BrIS. The van der Waals surface area contributed by atoms with E-state index < -0.39 is 0 Å². The second-order valence-corrected chi connectivity index (χ2v) is 5.76. The van der Waals surface area contributed by atoms with Crippen LogP contribution < -0.4 is 0 Å². The fraction of sp³-hybridized carbons (Fsp3) is 0.273. The van der Waals surface area contributed by atoms with Crippen molar-refractivity contribution in [3.8, 4) is 0 Å². The molecule has 1 aromatic heterocycles. The molecule has 0 N–H and O–H groups in total. The van der Waals surface area contributed by atoms with Crippen LogP contribution in [0.4, 0.5) is 0 Å². The maximum absolute atomic E-state index is 3.54. The van der Waals surface area contributed by atoms with E-state index in [4.69, 9.17) is 0 Å². The van der Waals surface area contributed by atoms with Gasteiger partial charge >= 0.3 is 0 Å². The Bertz CT molecular complexity index is 462. The van der Waals surface area contributed by atoms with Crippen molar-refractivity contribution in [2.24, 2.45) is 0 Å². The molecule has 0 nitrogen and oxygen atoms in total. The van der Waals surface area contributed by atoms with Crippen LogP contribution in [0.3, 0.4) is 0 Å². The van der Waals surface area contributed by atoms with Crippen LogP contribution in [0.2, 0.25) is 0 Å². The average Bonchev–Trinajstić information content (AvgIpc) is 2.63. The number of hydrogen-bond acceptors (Lipinski definition) is 1. The first-order valence-corrected chi connectivity index (χ1v) is 7.59. The summed E-state index contributed by atoms with van der Waals surface area (Å²) in [5, 5.41) is 4.67. The lowest BCUT2D eigenvalue weighted by molar-refractivity contribution is 1.16. The quantitative estimate of drug-likeness (QED) is 0.510. The van der Waals surface area contributed by atoms with Gasteiger partial charge in [0.15, 0.2) is 0 Å². The van der Waals surface area contributed by atoms with Gasteiger partial charge < -0.3 is 0 Å². The highest BCUT2D eigenvalue weighted by molar-refractivity contribution is 14.1.